The Morgan fingerprint density at radius 1 is 1.14 bits per heavy atom. The molecule has 1 saturated carbocycles. The van der Waals surface area contributed by atoms with Crippen LogP contribution < -0.4 is 5.73 Å². The van der Waals surface area contributed by atoms with E-state index in [0.717, 1.165) is 13.1 Å². The van der Waals surface area contributed by atoms with Gasteiger partial charge in [0.05, 0.1) is 0 Å². The molecule has 1 rings (SSSR count). The average molecular weight is 199 g/mol. The monoisotopic (exact) mass is 199 g/mol. The van der Waals surface area contributed by atoms with Crippen LogP contribution in [0.5, 0.6) is 0 Å². The Morgan fingerprint density at radius 2 is 1.79 bits per heavy atom. The molecule has 84 valence electrons. The number of hydrogen-bond acceptors (Lipinski definition) is 3. The number of nitrogens with two attached hydrogens (primary N) is 1. The predicted molar refractivity (Wildman–Crippen MR) is 61.4 cm³/mol. The maximum Gasteiger partial charge on any atom is 0.0283 e. The van der Waals surface area contributed by atoms with Gasteiger partial charge >= 0.3 is 0 Å². The van der Waals surface area contributed by atoms with Crippen LogP contribution in [0.25, 0.3) is 0 Å². The number of rotatable bonds is 6. The third-order valence-corrected chi connectivity index (χ3v) is 3.08. The summed E-state index contributed by atoms with van der Waals surface area (Å²) in [6.07, 6.45) is 4.98. The van der Waals surface area contributed by atoms with Crippen LogP contribution in [0.2, 0.25) is 0 Å². The van der Waals surface area contributed by atoms with Crippen LogP contribution in [-0.2, 0) is 0 Å². The molecule has 0 aromatic carbocycles. The molecule has 1 aliphatic carbocycles. The summed E-state index contributed by atoms with van der Waals surface area (Å²) in [5, 5.41) is 0. The minimum Gasteiger partial charge on any atom is -0.324 e. The first-order chi connectivity index (χ1) is 6.52. The van der Waals surface area contributed by atoms with E-state index >= 15 is 0 Å². The fraction of sp³-hybridized carbons (Fsp3) is 1.00. The normalized spacial score (nSPS) is 20.1. The molecule has 0 aliphatic heterocycles. The summed E-state index contributed by atoms with van der Waals surface area (Å²) in [5.41, 5.74) is 6.33. The highest BCUT2D eigenvalue weighted by Gasteiger charge is 2.33. The van der Waals surface area contributed by atoms with E-state index in [4.69, 9.17) is 5.73 Å². The second-order valence-electron chi connectivity index (χ2n) is 5.11. The molecule has 1 aliphatic rings. The van der Waals surface area contributed by atoms with Crippen molar-refractivity contribution in [3.63, 3.8) is 0 Å². The van der Waals surface area contributed by atoms with E-state index in [1.54, 1.807) is 0 Å². The molecule has 0 spiro atoms. The largest absolute Gasteiger partial charge is 0.324 e. The van der Waals surface area contributed by atoms with E-state index < -0.39 is 0 Å². The van der Waals surface area contributed by atoms with Crippen LogP contribution in [0.15, 0.2) is 0 Å². The van der Waals surface area contributed by atoms with Crippen molar-refractivity contribution in [3.8, 4) is 0 Å². The molecule has 0 unspecified atom stereocenters. The first kappa shape index (κ1) is 12.0. The summed E-state index contributed by atoms with van der Waals surface area (Å²) < 4.78 is 0. The van der Waals surface area contributed by atoms with Crippen LogP contribution in [0.1, 0.15) is 25.7 Å². The van der Waals surface area contributed by atoms with E-state index in [9.17, 15) is 0 Å². The summed E-state index contributed by atoms with van der Waals surface area (Å²) in [6, 6.07) is 0. The zero-order valence-corrected chi connectivity index (χ0v) is 9.92. The van der Waals surface area contributed by atoms with Gasteiger partial charge in [-0.25, -0.2) is 0 Å². The fourth-order valence-corrected chi connectivity index (χ4v) is 2.06. The Bertz CT molecular complexity index is 164. The summed E-state index contributed by atoms with van der Waals surface area (Å²) in [7, 11) is 6.43. The van der Waals surface area contributed by atoms with Crippen molar-refractivity contribution >= 4 is 0 Å². The fourth-order valence-electron chi connectivity index (χ4n) is 2.06. The molecule has 0 amide bonds. The Labute approximate surface area is 88.2 Å². The van der Waals surface area contributed by atoms with Gasteiger partial charge in [-0.3, -0.25) is 0 Å². The second-order valence-corrected chi connectivity index (χ2v) is 5.11. The molecule has 0 saturated heterocycles. The minimum atomic E-state index is 0.146. The Hall–Kier alpha value is -0.120. The molecular formula is C11H25N3. The van der Waals surface area contributed by atoms with Gasteiger partial charge in [-0.2, -0.15) is 0 Å². The summed E-state index contributed by atoms with van der Waals surface area (Å²) in [6.45, 7) is 3.40. The summed E-state index contributed by atoms with van der Waals surface area (Å²) >= 11 is 0. The quantitative estimate of drug-likeness (QED) is 0.685. The molecular weight excluding hydrogens is 174 g/mol. The van der Waals surface area contributed by atoms with Gasteiger partial charge in [-0.1, -0.05) is 0 Å². The lowest BCUT2D eigenvalue weighted by atomic mass is 9.77. The Kier molecular flexibility index (Phi) is 4.35. The Balaban J connectivity index is 2.06. The molecule has 0 atom stereocenters. The molecule has 3 nitrogen and oxygen atoms in total. The molecule has 0 aromatic heterocycles. The van der Waals surface area contributed by atoms with Gasteiger partial charge in [0.1, 0.15) is 0 Å². The predicted octanol–water partition coefficient (Wildman–Crippen LogP) is 0.751. The lowest BCUT2D eigenvalue weighted by Gasteiger charge is -2.41. The third-order valence-electron chi connectivity index (χ3n) is 3.08. The van der Waals surface area contributed by atoms with Gasteiger partial charge in [0.25, 0.3) is 0 Å². The maximum absolute atomic E-state index is 6.18. The zero-order chi connectivity index (χ0) is 10.6. The molecule has 0 aromatic rings. The van der Waals surface area contributed by atoms with Gasteiger partial charge in [-0.15, -0.1) is 0 Å². The van der Waals surface area contributed by atoms with Crippen molar-refractivity contribution in [2.75, 3.05) is 40.8 Å². The van der Waals surface area contributed by atoms with Gasteiger partial charge in [0.15, 0.2) is 0 Å². The summed E-state index contributed by atoms with van der Waals surface area (Å²) in [4.78, 5) is 4.61. The van der Waals surface area contributed by atoms with E-state index in [-0.39, 0.29) is 5.54 Å². The Morgan fingerprint density at radius 3 is 2.21 bits per heavy atom. The third kappa shape index (κ3) is 3.95. The average Bonchev–Trinajstić information content (AvgIpc) is 2.00. The second kappa shape index (κ2) is 5.10. The van der Waals surface area contributed by atoms with Gasteiger partial charge < -0.3 is 15.5 Å². The highest BCUT2D eigenvalue weighted by Crippen LogP contribution is 2.29. The van der Waals surface area contributed by atoms with E-state index in [0.29, 0.717) is 0 Å². The molecule has 1 fully saturated rings. The highest BCUT2D eigenvalue weighted by molar-refractivity contribution is 4.94. The first-order valence-electron chi connectivity index (χ1n) is 5.64. The van der Waals surface area contributed by atoms with Crippen LogP contribution in [0.3, 0.4) is 0 Å². The molecule has 14 heavy (non-hydrogen) atoms. The number of nitrogens with zero attached hydrogens (tertiary/aromatic N) is 2. The van der Waals surface area contributed by atoms with Gasteiger partial charge in [0.2, 0.25) is 0 Å². The highest BCUT2D eigenvalue weighted by atomic mass is 15.1. The van der Waals surface area contributed by atoms with Gasteiger partial charge in [0, 0.05) is 12.1 Å². The summed E-state index contributed by atoms with van der Waals surface area (Å²) in [5.74, 6) is 0. The van der Waals surface area contributed by atoms with E-state index in [2.05, 4.69) is 30.9 Å². The van der Waals surface area contributed by atoms with Crippen molar-refractivity contribution in [1.29, 1.82) is 0 Å². The van der Waals surface area contributed by atoms with Crippen LogP contribution in [0.4, 0.5) is 0 Å². The lowest BCUT2D eigenvalue weighted by molar-refractivity contribution is 0.162. The number of likely N-dealkylation sites (N-methyl/N-ethyl adjacent to an activating group) is 1. The standard InChI is InChI=1S/C11H25N3/c1-13(2)8-5-9-14(3)10-11(12)6-4-7-11/h4-10,12H2,1-3H3. The minimum absolute atomic E-state index is 0.146. The SMILES string of the molecule is CN(C)CCCN(C)CC1(N)CCC1. The van der Waals surface area contributed by atoms with Crippen molar-refractivity contribution < 1.29 is 0 Å². The number of hydrogen-bond donors (Lipinski definition) is 1. The van der Waals surface area contributed by atoms with Crippen LogP contribution >= 0.6 is 0 Å². The van der Waals surface area contributed by atoms with Gasteiger partial charge in [-0.05, 0) is 59.9 Å². The van der Waals surface area contributed by atoms with Crippen molar-refractivity contribution in [1.82, 2.24) is 9.80 Å². The van der Waals surface area contributed by atoms with Crippen molar-refractivity contribution in [2.24, 2.45) is 5.73 Å². The molecule has 0 heterocycles. The van der Waals surface area contributed by atoms with Crippen molar-refractivity contribution in [3.05, 3.63) is 0 Å². The topological polar surface area (TPSA) is 32.5 Å². The van der Waals surface area contributed by atoms with Crippen molar-refractivity contribution in [2.45, 2.75) is 31.2 Å². The lowest BCUT2D eigenvalue weighted by Crippen LogP contribution is -2.54. The molecule has 2 N–H and O–H groups in total. The molecule has 0 bridgehead atoms. The first-order valence-corrected chi connectivity index (χ1v) is 5.64. The maximum atomic E-state index is 6.18. The van der Waals surface area contributed by atoms with Crippen LogP contribution in [-0.4, -0.2) is 56.1 Å². The van der Waals surface area contributed by atoms with Crippen LogP contribution in [0, 0.1) is 0 Å². The molecule has 3 heteroatoms. The van der Waals surface area contributed by atoms with E-state index in [1.165, 1.54) is 32.2 Å². The smallest absolute Gasteiger partial charge is 0.0283 e. The zero-order valence-electron chi connectivity index (χ0n) is 9.92. The van der Waals surface area contributed by atoms with E-state index in [1.807, 2.05) is 0 Å². The molecule has 0 radical (unpaired) electrons.